The van der Waals surface area contributed by atoms with E-state index in [9.17, 15) is 0 Å². The second-order valence-electron chi connectivity index (χ2n) is 2.58. The summed E-state index contributed by atoms with van der Waals surface area (Å²) in [7, 11) is 0. The van der Waals surface area contributed by atoms with Crippen molar-refractivity contribution in [2.75, 3.05) is 0 Å². The van der Waals surface area contributed by atoms with Gasteiger partial charge in [0, 0.05) is 15.5 Å². The molecule has 2 heteroatoms. The summed E-state index contributed by atoms with van der Waals surface area (Å²) in [5.74, 6) is 0. The molecule has 0 radical (unpaired) electrons. The summed E-state index contributed by atoms with van der Waals surface area (Å²) < 4.78 is 1.26. The summed E-state index contributed by atoms with van der Waals surface area (Å²) in [6.45, 7) is 2.08. The molecule has 0 spiro atoms. The van der Waals surface area contributed by atoms with Crippen molar-refractivity contribution in [2.24, 2.45) is 0 Å². The van der Waals surface area contributed by atoms with Crippen molar-refractivity contribution in [1.29, 1.82) is 0 Å². The van der Waals surface area contributed by atoms with E-state index in [1.807, 2.05) is 5.38 Å². The van der Waals surface area contributed by atoms with Crippen LogP contribution >= 0.6 is 22.9 Å². The highest BCUT2D eigenvalue weighted by atomic mass is 35.5. The van der Waals surface area contributed by atoms with Crippen LogP contribution in [0.3, 0.4) is 0 Å². The van der Waals surface area contributed by atoms with Gasteiger partial charge in [0.15, 0.2) is 0 Å². The van der Waals surface area contributed by atoms with Gasteiger partial charge in [0.1, 0.15) is 0 Å². The largest absolute Gasteiger partial charge is 0.142 e. The first-order valence-electron chi connectivity index (χ1n) is 3.41. The van der Waals surface area contributed by atoms with Crippen LogP contribution in [-0.4, -0.2) is 0 Å². The summed E-state index contributed by atoms with van der Waals surface area (Å²) in [5.41, 5.74) is 1.26. The van der Waals surface area contributed by atoms with Crippen LogP contribution in [0.25, 0.3) is 10.1 Å². The van der Waals surface area contributed by atoms with Crippen molar-refractivity contribution in [3.8, 4) is 0 Å². The van der Waals surface area contributed by atoms with Gasteiger partial charge in [-0.1, -0.05) is 23.2 Å². The molecular formula is C9H7ClS. The number of thiophene rings is 1. The fraction of sp³-hybridized carbons (Fsp3) is 0.111. The first-order valence-corrected chi connectivity index (χ1v) is 4.66. The Morgan fingerprint density at radius 3 is 3.00 bits per heavy atom. The Morgan fingerprint density at radius 2 is 2.18 bits per heavy atom. The molecule has 0 fully saturated rings. The number of halogens is 1. The maximum absolute atomic E-state index is 5.95. The first-order chi connectivity index (χ1) is 5.27. The molecule has 0 aliphatic rings. The lowest BCUT2D eigenvalue weighted by atomic mass is 10.2. The average molecular weight is 183 g/mol. The second kappa shape index (κ2) is 2.50. The highest BCUT2D eigenvalue weighted by Crippen LogP contribution is 2.30. The van der Waals surface area contributed by atoms with Crippen molar-refractivity contribution in [2.45, 2.75) is 6.92 Å². The summed E-state index contributed by atoms with van der Waals surface area (Å²) >= 11 is 7.65. The number of aryl methyl sites for hydroxylation is 1. The van der Waals surface area contributed by atoms with Crippen molar-refractivity contribution < 1.29 is 0 Å². The van der Waals surface area contributed by atoms with Crippen LogP contribution < -0.4 is 0 Å². The van der Waals surface area contributed by atoms with Gasteiger partial charge < -0.3 is 0 Å². The molecule has 1 aromatic carbocycles. The van der Waals surface area contributed by atoms with Gasteiger partial charge in [-0.3, -0.25) is 0 Å². The van der Waals surface area contributed by atoms with E-state index in [1.165, 1.54) is 15.6 Å². The lowest BCUT2D eigenvalue weighted by Crippen LogP contribution is -1.68. The van der Waals surface area contributed by atoms with Crippen LogP contribution in [0.1, 0.15) is 5.56 Å². The molecule has 0 aliphatic carbocycles. The zero-order chi connectivity index (χ0) is 7.84. The van der Waals surface area contributed by atoms with Crippen LogP contribution in [0.4, 0.5) is 0 Å². The van der Waals surface area contributed by atoms with Gasteiger partial charge >= 0.3 is 0 Å². The molecule has 1 heterocycles. The van der Waals surface area contributed by atoms with Crippen LogP contribution in [0.2, 0.25) is 5.02 Å². The maximum atomic E-state index is 5.95. The van der Waals surface area contributed by atoms with E-state index in [2.05, 4.69) is 25.1 Å². The molecule has 0 unspecified atom stereocenters. The molecule has 1 aromatic heterocycles. The van der Waals surface area contributed by atoms with Crippen molar-refractivity contribution in [3.05, 3.63) is 34.2 Å². The molecule has 0 saturated heterocycles. The van der Waals surface area contributed by atoms with Gasteiger partial charge in [-0.2, -0.15) is 0 Å². The predicted octanol–water partition coefficient (Wildman–Crippen LogP) is 3.86. The number of fused-ring (bicyclic) bond motifs is 1. The van der Waals surface area contributed by atoms with E-state index in [-0.39, 0.29) is 0 Å². The lowest BCUT2D eigenvalue weighted by Gasteiger charge is -1.91. The number of hydrogen-bond donors (Lipinski definition) is 0. The van der Waals surface area contributed by atoms with E-state index in [0.717, 1.165) is 5.02 Å². The van der Waals surface area contributed by atoms with E-state index >= 15 is 0 Å². The molecule has 56 valence electrons. The molecule has 11 heavy (non-hydrogen) atoms. The van der Waals surface area contributed by atoms with Gasteiger partial charge in [0.25, 0.3) is 0 Å². The Balaban J connectivity index is 2.87. The van der Waals surface area contributed by atoms with Gasteiger partial charge in [0.05, 0.1) is 5.02 Å². The second-order valence-corrected chi connectivity index (χ2v) is 3.90. The molecule has 0 nitrogen and oxygen atoms in total. The lowest BCUT2D eigenvalue weighted by molar-refractivity contribution is 1.52. The molecule has 2 rings (SSSR count). The van der Waals surface area contributed by atoms with E-state index < -0.39 is 0 Å². The number of rotatable bonds is 0. The molecule has 0 bridgehead atoms. The van der Waals surface area contributed by atoms with Crippen LogP contribution in [0.5, 0.6) is 0 Å². The Labute approximate surface area is 74.4 Å². The monoisotopic (exact) mass is 182 g/mol. The Kier molecular flexibility index (Phi) is 1.63. The minimum absolute atomic E-state index is 0.869. The van der Waals surface area contributed by atoms with Gasteiger partial charge in [-0.15, -0.1) is 11.3 Å². The zero-order valence-corrected chi connectivity index (χ0v) is 7.67. The van der Waals surface area contributed by atoms with Crippen molar-refractivity contribution >= 4 is 33.0 Å². The fourth-order valence-electron chi connectivity index (χ4n) is 1.11. The predicted molar refractivity (Wildman–Crippen MR) is 51.6 cm³/mol. The summed E-state index contributed by atoms with van der Waals surface area (Å²) in [5, 5.41) is 4.02. The summed E-state index contributed by atoms with van der Waals surface area (Å²) in [6, 6.07) is 6.34. The first kappa shape index (κ1) is 7.14. The average Bonchev–Trinajstić information content (AvgIpc) is 2.33. The minimum atomic E-state index is 0.869. The molecule has 0 aliphatic heterocycles. The quantitative estimate of drug-likeness (QED) is 0.581. The smallest absolute Gasteiger partial charge is 0.0591 e. The molecule has 2 aromatic rings. The number of hydrogen-bond acceptors (Lipinski definition) is 1. The SMILES string of the molecule is Cc1ccc2scc(Cl)c2c1. The zero-order valence-electron chi connectivity index (χ0n) is 6.10. The minimum Gasteiger partial charge on any atom is -0.142 e. The standard InChI is InChI=1S/C9H7ClS/c1-6-2-3-9-7(4-6)8(10)5-11-9/h2-5H,1H3. The third kappa shape index (κ3) is 1.15. The topological polar surface area (TPSA) is 0 Å². The van der Waals surface area contributed by atoms with Crippen LogP contribution in [-0.2, 0) is 0 Å². The third-order valence-electron chi connectivity index (χ3n) is 1.68. The molecule has 0 atom stereocenters. The van der Waals surface area contributed by atoms with E-state index in [0.29, 0.717) is 0 Å². The summed E-state index contributed by atoms with van der Waals surface area (Å²) in [4.78, 5) is 0. The highest BCUT2D eigenvalue weighted by molar-refractivity contribution is 7.17. The maximum Gasteiger partial charge on any atom is 0.0591 e. The Bertz CT molecular complexity index is 389. The number of benzene rings is 1. The Morgan fingerprint density at radius 1 is 1.36 bits per heavy atom. The third-order valence-corrected chi connectivity index (χ3v) is 3.09. The van der Waals surface area contributed by atoms with Crippen molar-refractivity contribution in [3.63, 3.8) is 0 Å². The van der Waals surface area contributed by atoms with Crippen LogP contribution in [0, 0.1) is 6.92 Å². The van der Waals surface area contributed by atoms with Gasteiger partial charge in [-0.05, 0) is 19.1 Å². The van der Waals surface area contributed by atoms with Gasteiger partial charge in [-0.25, -0.2) is 0 Å². The van der Waals surface area contributed by atoms with Gasteiger partial charge in [0.2, 0.25) is 0 Å². The molecular weight excluding hydrogens is 176 g/mol. The molecule has 0 amide bonds. The van der Waals surface area contributed by atoms with Crippen molar-refractivity contribution in [1.82, 2.24) is 0 Å². The molecule has 0 saturated carbocycles. The highest BCUT2D eigenvalue weighted by Gasteiger charge is 1.99. The summed E-state index contributed by atoms with van der Waals surface area (Å²) in [6.07, 6.45) is 0. The molecule has 0 N–H and O–H groups in total. The fourth-order valence-corrected chi connectivity index (χ4v) is 2.26. The van der Waals surface area contributed by atoms with E-state index in [4.69, 9.17) is 11.6 Å². The van der Waals surface area contributed by atoms with Crippen LogP contribution in [0.15, 0.2) is 23.6 Å². The normalized spacial score (nSPS) is 10.7. The Hall–Kier alpha value is -0.530. The van der Waals surface area contributed by atoms with E-state index in [1.54, 1.807) is 11.3 Å².